The van der Waals surface area contributed by atoms with E-state index in [-0.39, 0.29) is 12.8 Å². The smallest absolute Gasteiger partial charge is 0.449 e. The normalized spacial score (nSPS) is 31.3. The molecule has 1 aliphatic carbocycles. The third kappa shape index (κ3) is 3.33. The van der Waals surface area contributed by atoms with Crippen molar-refractivity contribution in [3.63, 3.8) is 0 Å². The van der Waals surface area contributed by atoms with Crippen LogP contribution in [-0.4, -0.2) is 42.0 Å². The molecule has 5 nitrogen and oxygen atoms in total. The van der Waals surface area contributed by atoms with Gasteiger partial charge in [0.05, 0.1) is 12.0 Å². The molecule has 0 aromatic rings. The van der Waals surface area contributed by atoms with Crippen LogP contribution in [0.4, 0.5) is 22.0 Å². The Hall–Kier alpha value is -1.71. The van der Waals surface area contributed by atoms with Gasteiger partial charge in [0, 0.05) is 11.5 Å². The van der Waals surface area contributed by atoms with Gasteiger partial charge in [-0.2, -0.15) is 22.0 Å². The molecule has 0 bridgehead atoms. The second-order valence-corrected chi connectivity index (χ2v) is 8.76. The monoisotopic (exact) mass is 428 g/mol. The fourth-order valence-corrected chi connectivity index (χ4v) is 3.90. The van der Waals surface area contributed by atoms with Crippen molar-refractivity contribution in [3.8, 4) is 0 Å². The highest BCUT2D eigenvalue weighted by molar-refractivity contribution is 5.82. The van der Waals surface area contributed by atoms with Gasteiger partial charge < -0.3 is 14.2 Å². The van der Waals surface area contributed by atoms with Crippen molar-refractivity contribution < 1.29 is 45.8 Å². The van der Waals surface area contributed by atoms with Crippen LogP contribution in [0.2, 0.25) is 0 Å². The van der Waals surface area contributed by atoms with Crippen LogP contribution in [0.5, 0.6) is 0 Å². The van der Waals surface area contributed by atoms with Gasteiger partial charge in [0.1, 0.15) is 0 Å². The zero-order valence-electron chi connectivity index (χ0n) is 16.8. The molecule has 10 heteroatoms. The Balaban J connectivity index is 2.70. The van der Waals surface area contributed by atoms with E-state index in [4.69, 9.17) is 9.47 Å². The lowest BCUT2D eigenvalue weighted by Gasteiger charge is -2.58. The zero-order chi connectivity index (χ0) is 22.5. The number of rotatable bonds is 3. The molecule has 1 saturated heterocycles. The Bertz CT molecular complexity index is 690. The highest BCUT2D eigenvalue weighted by Crippen LogP contribution is 2.64. The van der Waals surface area contributed by atoms with Gasteiger partial charge in [-0.3, -0.25) is 4.79 Å². The van der Waals surface area contributed by atoms with Crippen LogP contribution in [0, 0.1) is 10.8 Å². The molecule has 2 aliphatic rings. The number of alkyl halides is 5. The molecule has 29 heavy (non-hydrogen) atoms. The Kier molecular flexibility index (Phi) is 5.62. The molecule has 2 fully saturated rings. The number of carbonyl (C=O) groups is 2. The minimum absolute atomic E-state index is 0.0602. The van der Waals surface area contributed by atoms with Gasteiger partial charge in [-0.1, -0.05) is 19.4 Å². The highest BCUT2D eigenvalue weighted by atomic mass is 19.4. The van der Waals surface area contributed by atoms with Gasteiger partial charge in [0.25, 0.3) is 0 Å². The van der Waals surface area contributed by atoms with Gasteiger partial charge in [-0.05, 0) is 40.5 Å². The number of hydrogen-bond donors (Lipinski definition) is 0. The average molecular weight is 428 g/mol. The minimum Gasteiger partial charge on any atom is -0.449 e. The average Bonchev–Trinajstić information content (AvgIpc) is 3.04. The summed E-state index contributed by atoms with van der Waals surface area (Å²) < 4.78 is 87.7. The molecule has 0 radical (unpaired) electrons. The maximum Gasteiger partial charge on any atom is 0.462 e. The van der Waals surface area contributed by atoms with Crippen molar-refractivity contribution in [1.29, 1.82) is 0 Å². The van der Waals surface area contributed by atoms with Crippen LogP contribution in [0.1, 0.15) is 53.4 Å². The molecule has 0 N–H and O–H groups in total. The SMILES string of the molecule is C=CC(=O)OC1(C)C2(CCCC2)COC(OC(=O)C(C)(C)C)(C(F)(F)F)C1(F)F. The summed E-state index contributed by atoms with van der Waals surface area (Å²) in [7, 11) is 0. The summed E-state index contributed by atoms with van der Waals surface area (Å²) in [5, 5.41) is 0. The largest absolute Gasteiger partial charge is 0.462 e. The lowest BCUT2D eigenvalue weighted by molar-refractivity contribution is -0.487. The van der Waals surface area contributed by atoms with Crippen LogP contribution in [0.25, 0.3) is 0 Å². The van der Waals surface area contributed by atoms with Crippen LogP contribution < -0.4 is 0 Å². The first-order valence-corrected chi connectivity index (χ1v) is 9.17. The number of halogens is 5. The summed E-state index contributed by atoms with van der Waals surface area (Å²) in [6.45, 7) is 6.71. The lowest BCUT2D eigenvalue weighted by atomic mass is 9.64. The van der Waals surface area contributed by atoms with Gasteiger partial charge in [-0.25, -0.2) is 4.79 Å². The van der Waals surface area contributed by atoms with Crippen LogP contribution in [-0.2, 0) is 23.8 Å². The number of carbonyl (C=O) groups excluding carboxylic acids is 2. The van der Waals surface area contributed by atoms with E-state index < -0.39 is 52.9 Å². The maximum atomic E-state index is 15.8. The van der Waals surface area contributed by atoms with Gasteiger partial charge >= 0.3 is 29.8 Å². The molecule has 1 saturated carbocycles. The second kappa shape index (κ2) is 6.92. The molecule has 2 unspecified atom stereocenters. The summed E-state index contributed by atoms with van der Waals surface area (Å²) in [5.74, 6) is -12.4. The Morgan fingerprint density at radius 2 is 1.59 bits per heavy atom. The minimum atomic E-state index is -5.81. The Labute approximate surface area is 165 Å². The van der Waals surface area contributed by atoms with Crippen molar-refractivity contribution in [2.24, 2.45) is 10.8 Å². The first kappa shape index (κ1) is 23.6. The first-order chi connectivity index (χ1) is 13.0. The molecule has 2 rings (SSSR count). The molecule has 1 spiro atoms. The fourth-order valence-electron chi connectivity index (χ4n) is 3.90. The summed E-state index contributed by atoms with van der Waals surface area (Å²) in [6, 6.07) is 0. The standard InChI is InChI=1S/C19H25F5O5/c1-6-12(25)28-15(5)16(9-7-8-10-16)11-27-18(17(15,20)21,19(22,23)24)29-13(26)14(2,3)4/h6H,1,7-11H2,2-5H3. The van der Waals surface area contributed by atoms with Crippen molar-refractivity contribution in [2.45, 2.75) is 76.9 Å². The fraction of sp³-hybridized carbons (Fsp3) is 0.789. The third-order valence-corrected chi connectivity index (χ3v) is 5.83. The molecule has 1 heterocycles. The predicted molar refractivity (Wildman–Crippen MR) is 90.8 cm³/mol. The van der Waals surface area contributed by atoms with Crippen LogP contribution >= 0.6 is 0 Å². The number of hydrogen-bond acceptors (Lipinski definition) is 5. The molecule has 0 aromatic carbocycles. The van der Waals surface area contributed by atoms with Crippen molar-refractivity contribution in [1.82, 2.24) is 0 Å². The zero-order valence-corrected chi connectivity index (χ0v) is 16.8. The summed E-state index contributed by atoms with van der Waals surface area (Å²) in [5.41, 5.74) is -6.04. The Morgan fingerprint density at radius 3 is 2.00 bits per heavy atom. The highest BCUT2D eigenvalue weighted by Gasteiger charge is 2.87. The third-order valence-electron chi connectivity index (χ3n) is 5.83. The van der Waals surface area contributed by atoms with E-state index in [9.17, 15) is 22.8 Å². The number of esters is 2. The van der Waals surface area contributed by atoms with E-state index in [0.29, 0.717) is 18.9 Å². The van der Waals surface area contributed by atoms with Gasteiger partial charge in [0.15, 0.2) is 5.60 Å². The summed E-state index contributed by atoms with van der Waals surface area (Å²) in [6.07, 6.45) is -4.20. The molecule has 0 amide bonds. The number of ether oxygens (including phenoxy) is 3. The predicted octanol–water partition coefficient (Wildman–Crippen LogP) is 4.55. The molecule has 0 aromatic heterocycles. The Morgan fingerprint density at radius 1 is 1.07 bits per heavy atom. The van der Waals surface area contributed by atoms with Crippen molar-refractivity contribution in [2.75, 3.05) is 6.61 Å². The van der Waals surface area contributed by atoms with Gasteiger partial charge in [-0.15, -0.1) is 0 Å². The van der Waals surface area contributed by atoms with E-state index >= 15 is 8.78 Å². The van der Waals surface area contributed by atoms with E-state index in [1.807, 2.05) is 0 Å². The van der Waals surface area contributed by atoms with E-state index in [0.717, 1.165) is 6.92 Å². The van der Waals surface area contributed by atoms with Crippen LogP contribution in [0.3, 0.4) is 0 Å². The van der Waals surface area contributed by atoms with Crippen LogP contribution in [0.15, 0.2) is 12.7 Å². The first-order valence-electron chi connectivity index (χ1n) is 9.17. The molecule has 2 atom stereocenters. The molecule has 166 valence electrons. The van der Waals surface area contributed by atoms with Crippen molar-refractivity contribution >= 4 is 11.9 Å². The van der Waals surface area contributed by atoms with Crippen molar-refractivity contribution in [3.05, 3.63) is 12.7 Å². The van der Waals surface area contributed by atoms with E-state index in [1.54, 1.807) is 0 Å². The molecular weight excluding hydrogens is 403 g/mol. The van der Waals surface area contributed by atoms with E-state index in [1.165, 1.54) is 20.8 Å². The summed E-state index contributed by atoms with van der Waals surface area (Å²) >= 11 is 0. The summed E-state index contributed by atoms with van der Waals surface area (Å²) in [4.78, 5) is 24.1. The molecular formula is C19H25F5O5. The van der Waals surface area contributed by atoms with Gasteiger partial charge in [0.2, 0.25) is 0 Å². The van der Waals surface area contributed by atoms with E-state index in [2.05, 4.69) is 11.3 Å². The molecule has 1 aliphatic heterocycles. The lowest BCUT2D eigenvalue weighted by Crippen LogP contribution is -2.79. The maximum absolute atomic E-state index is 15.8. The second-order valence-electron chi connectivity index (χ2n) is 8.76. The topological polar surface area (TPSA) is 61.8 Å². The quantitative estimate of drug-likeness (QED) is 0.375.